The lowest BCUT2D eigenvalue weighted by Gasteiger charge is -2.28. The van der Waals surface area contributed by atoms with E-state index >= 15 is 0 Å². The SMILES string of the molecule is Cc1cc(F)cc([C@@H](C)Nc2nnc(C)c3cnc(N4CCOCC4)cc23)c1C. The first-order chi connectivity index (χ1) is 13.9. The van der Waals surface area contributed by atoms with Crippen LogP contribution in [0.3, 0.4) is 0 Å². The van der Waals surface area contributed by atoms with E-state index in [1.807, 2.05) is 33.9 Å². The highest BCUT2D eigenvalue weighted by atomic mass is 19.1. The number of hydrogen-bond donors (Lipinski definition) is 1. The molecule has 1 aromatic carbocycles. The van der Waals surface area contributed by atoms with Crippen molar-refractivity contribution in [3.8, 4) is 0 Å². The summed E-state index contributed by atoms with van der Waals surface area (Å²) in [5.74, 6) is 1.36. The highest BCUT2D eigenvalue weighted by molar-refractivity contribution is 5.94. The van der Waals surface area contributed by atoms with E-state index in [1.54, 1.807) is 12.1 Å². The fourth-order valence-electron chi connectivity index (χ4n) is 3.81. The van der Waals surface area contributed by atoms with E-state index < -0.39 is 0 Å². The Bertz CT molecular complexity index is 1050. The van der Waals surface area contributed by atoms with Crippen LogP contribution in [-0.2, 0) is 4.74 Å². The second kappa shape index (κ2) is 7.91. The van der Waals surface area contributed by atoms with Crippen LogP contribution in [0.15, 0.2) is 24.4 Å². The first-order valence-corrected chi connectivity index (χ1v) is 9.93. The van der Waals surface area contributed by atoms with Gasteiger partial charge in [-0.1, -0.05) is 0 Å². The number of pyridine rings is 1. The largest absolute Gasteiger partial charge is 0.378 e. The van der Waals surface area contributed by atoms with Crippen molar-refractivity contribution >= 4 is 22.4 Å². The Balaban J connectivity index is 1.72. The van der Waals surface area contributed by atoms with Crippen LogP contribution in [0.1, 0.15) is 35.3 Å². The molecule has 1 N–H and O–H groups in total. The number of morpholine rings is 1. The fourth-order valence-corrected chi connectivity index (χ4v) is 3.81. The molecule has 0 aliphatic carbocycles. The van der Waals surface area contributed by atoms with Crippen LogP contribution < -0.4 is 10.2 Å². The quantitative estimate of drug-likeness (QED) is 0.718. The van der Waals surface area contributed by atoms with Crippen LogP contribution in [0.4, 0.5) is 16.0 Å². The summed E-state index contributed by atoms with van der Waals surface area (Å²) in [5, 5.41) is 14.1. The molecule has 3 aromatic rings. The average molecular weight is 395 g/mol. The number of nitrogens with zero attached hydrogens (tertiary/aromatic N) is 4. The van der Waals surface area contributed by atoms with E-state index in [1.165, 1.54) is 0 Å². The molecule has 0 saturated carbocycles. The van der Waals surface area contributed by atoms with Crippen LogP contribution in [0, 0.1) is 26.6 Å². The number of fused-ring (bicyclic) bond motifs is 1. The monoisotopic (exact) mass is 395 g/mol. The zero-order valence-corrected chi connectivity index (χ0v) is 17.3. The maximum atomic E-state index is 14.0. The lowest BCUT2D eigenvalue weighted by atomic mass is 9.98. The molecule has 0 spiro atoms. The number of benzene rings is 1. The first kappa shape index (κ1) is 19.5. The lowest BCUT2D eigenvalue weighted by molar-refractivity contribution is 0.122. The number of rotatable bonds is 4. The summed E-state index contributed by atoms with van der Waals surface area (Å²) in [6.07, 6.45) is 1.86. The van der Waals surface area contributed by atoms with Crippen molar-refractivity contribution in [2.45, 2.75) is 33.7 Å². The highest BCUT2D eigenvalue weighted by Gasteiger charge is 2.18. The molecule has 0 unspecified atom stereocenters. The summed E-state index contributed by atoms with van der Waals surface area (Å²) >= 11 is 0. The molecule has 152 valence electrons. The molecular weight excluding hydrogens is 369 g/mol. The smallest absolute Gasteiger partial charge is 0.157 e. The van der Waals surface area contributed by atoms with Crippen molar-refractivity contribution in [3.05, 3.63) is 52.6 Å². The number of aryl methyl sites for hydroxylation is 2. The normalized spacial score (nSPS) is 15.6. The molecule has 6 nitrogen and oxygen atoms in total. The van der Waals surface area contributed by atoms with E-state index in [2.05, 4.69) is 31.5 Å². The van der Waals surface area contributed by atoms with Crippen molar-refractivity contribution in [3.63, 3.8) is 0 Å². The Morgan fingerprint density at radius 2 is 1.83 bits per heavy atom. The minimum Gasteiger partial charge on any atom is -0.378 e. The molecule has 1 aliphatic heterocycles. The Morgan fingerprint density at radius 3 is 2.59 bits per heavy atom. The van der Waals surface area contributed by atoms with Gasteiger partial charge in [0.25, 0.3) is 0 Å². The Kier molecular flexibility index (Phi) is 5.32. The third-order valence-corrected chi connectivity index (χ3v) is 5.66. The van der Waals surface area contributed by atoms with Crippen LogP contribution in [0.2, 0.25) is 0 Å². The first-order valence-electron chi connectivity index (χ1n) is 9.93. The lowest BCUT2D eigenvalue weighted by Crippen LogP contribution is -2.36. The molecule has 1 aliphatic rings. The molecule has 2 aromatic heterocycles. The van der Waals surface area contributed by atoms with Gasteiger partial charge >= 0.3 is 0 Å². The number of hydrogen-bond acceptors (Lipinski definition) is 6. The molecule has 29 heavy (non-hydrogen) atoms. The minimum absolute atomic E-state index is 0.121. The molecular formula is C22H26FN5O. The summed E-state index contributed by atoms with van der Waals surface area (Å²) in [6.45, 7) is 10.9. The standard InChI is InChI=1S/C22H26FN5O/c1-13-9-17(23)10-18(14(13)2)15(3)25-22-19-11-21(28-5-7-29-8-6-28)24-12-20(19)16(4)26-27-22/h9-12,15H,5-8H2,1-4H3,(H,25,27)/t15-/m1/s1. The molecule has 1 atom stereocenters. The van der Waals surface area contributed by atoms with Gasteiger partial charge in [-0.25, -0.2) is 9.37 Å². The maximum absolute atomic E-state index is 14.0. The average Bonchev–Trinajstić information content (AvgIpc) is 2.73. The molecule has 1 saturated heterocycles. The van der Waals surface area contributed by atoms with Gasteiger partial charge < -0.3 is 15.0 Å². The van der Waals surface area contributed by atoms with E-state index in [0.29, 0.717) is 19.0 Å². The van der Waals surface area contributed by atoms with Gasteiger partial charge in [0.05, 0.1) is 24.9 Å². The molecule has 1 fully saturated rings. The van der Waals surface area contributed by atoms with E-state index in [4.69, 9.17) is 4.74 Å². The van der Waals surface area contributed by atoms with Gasteiger partial charge in [0, 0.05) is 30.1 Å². The third kappa shape index (κ3) is 3.87. The van der Waals surface area contributed by atoms with Gasteiger partial charge in [-0.05, 0) is 62.6 Å². The summed E-state index contributed by atoms with van der Waals surface area (Å²) in [5.41, 5.74) is 3.76. The Morgan fingerprint density at radius 1 is 1.07 bits per heavy atom. The summed E-state index contributed by atoms with van der Waals surface area (Å²) < 4.78 is 19.4. The molecule has 0 amide bonds. The van der Waals surface area contributed by atoms with E-state index in [0.717, 1.165) is 52.1 Å². The molecule has 0 radical (unpaired) electrons. The van der Waals surface area contributed by atoms with Crippen LogP contribution in [0.5, 0.6) is 0 Å². The fraction of sp³-hybridized carbons (Fsp3) is 0.409. The summed E-state index contributed by atoms with van der Waals surface area (Å²) in [6, 6.07) is 5.09. The Hall–Kier alpha value is -2.80. The number of halogens is 1. The van der Waals surface area contributed by atoms with Crippen molar-refractivity contribution in [2.24, 2.45) is 0 Å². The zero-order chi connectivity index (χ0) is 20.5. The number of aromatic nitrogens is 3. The third-order valence-electron chi connectivity index (χ3n) is 5.66. The number of anilines is 2. The molecule has 3 heterocycles. The van der Waals surface area contributed by atoms with Gasteiger partial charge in [-0.3, -0.25) is 0 Å². The van der Waals surface area contributed by atoms with Crippen molar-refractivity contribution in [1.82, 2.24) is 15.2 Å². The predicted octanol–water partition coefficient (Wildman–Crippen LogP) is 4.10. The van der Waals surface area contributed by atoms with Crippen molar-refractivity contribution in [2.75, 3.05) is 36.5 Å². The van der Waals surface area contributed by atoms with Crippen LogP contribution >= 0.6 is 0 Å². The van der Waals surface area contributed by atoms with Gasteiger partial charge in [0.2, 0.25) is 0 Å². The second-order valence-corrected chi connectivity index (χ2v) is 7.62. The molecule has 4 rings (SSSR count). The minimum atomic E-state index is -0.226. The van der Waals surface area contributed by atoms with Crippen molar-refractivity contribution < 1.29 is 9.13 Å². The van der Waals surface area contributed by atoms with Crippen LogP contribution in [0.25, 0.3) is 10.8 Å². The number of nitrogens with one attached hydrogen (secondary N) is 1. The second-order valence-electron chi connectivity index (χ2n) is 7.62. The van der Waals surface area contributed by atoms with E-state index in [9.17, 15) is 4.39 Å². The molecule has 0 bridgehead atoms. The van der Waals surface area contributed by atoms with Gasteiger partial charge in [-0.2, -0.15) is 5.10 Å². The van der Waals surface area contributed by atoms with Gasteiger partial charge in [0.1, 0.15) is 11.6 Å². The topological polar surface area (TPSA) is 63.2 Å². The van der Waals surface area contributed by atoms with Gasteiger partial charge in [0.15, 0.2) is 5.82 Å². The van der Waals surface area contributed by atoms with E-state index in [-0.39, 0.29) is 11.9 Å². The predicted molar refractivity (Wildman–Crippen MR) is 113 cm³/mol. The van der Waals surface area contributed by atoms with Gasteiger partial charge in [-0.15, -0.1) is 5.10 Å². The summed E-state index contributed by atoms with van der Waals surface area (Å²) in [7, 11) is 0. The highest BCUT2D eigenvalue weighted by Crippen LogP contribution is 2.30. The maximum Gasteiger partial charge on any atom is 0.157 e. The van der Waals surface area contributed by atoms with Crippen molar-refractivity contribution in [1.29, 1.82) is 0 Å². The summed E-state index contributed by atoms with van der Waals surface area (Å²) in [4.78, 5) is 6.85. The number of ether oxygens (including phenoxy) is 1. The molecule has 7 heteroatoms. The Labute approximate surface area is 170 Å². The zero-order valence-electron chi connectivity index (χ0n) is 17.3. The van der Waals surface area contributed by atoms with Crippen LogP contribution in [-0.4, -0.2) is 41.5 Å².